The number of rotatable bonds is 1. The summed E-state index contributed by atoms with van der Waals surface area (Å²) in [5.41, 5.74) is 0. The number of halogens is 1. The Morgan fingerprint density at radius 1 is 1.67 bits per heavy atom. The summed E-state index contributed by atoms with van der Waals surface area (Å²) in [6.07, 6.45) is 1.14. The zero-order valence-electron chi connectivity index (χ0n) is 5.57. The lowest BCUT2D eigenvalue weighted by Gasteiger charge is -1.86. The second kappa shape index (κ2) is 2.84. The summed E-state index contributed by atoms with van der Waals surface area (Å²) >= 11 is 5.36. The molecule has 0 amide bonds. The van der Waals surface area contributed by atoms with E-state index in [0.717, 1.165) is 6.42 Å². The molecule has 1 aromatic rings. The van der Waals surface area contributed by atoms with Crippen LogP contribution in [0.3, 0.4) is 0 Å². The molecule has 0 saturated carbocycles. The van der Waals surface area contributed by atoms with Gasteiger partial charge in [-0.15, -0.1) is 11.3 Å². The van der Waals surface area contributed by atoms with Crippen LogP contribution in [0.15, 0.2) is 10.5 Å². The molecule has 0 atom stereocenters. The highest BCUT2D eigenvalue weighted by molar-refractivity contribution is 9.10. The van der Waals surface area contributed by atoms with Crippen molar-refractivity contribution in [2.75, 3.05) is 0 Å². The largest absolute Gasteiger partial charge is 0.145 e. The molecule has 0 aromatic carbocycles. The van der Waals surface area contributed by atoms with Gasteiger partial charge in [0.2, 0.25) is 0 Å². The lowest BCUT2D eigenvalue weighted by Crippen LogP contribution is -1.68. The SMILES string of the molecule is CCc1sc(C)cc1Br. The van der Waals surface area contributed by atoms with E-state index in [1.165, 1.54) is 14.2 Å². The van der Waals surface area contributed by atoms with Crippen molar-refractivity contribution in [2.24, 2.45) is 0 Å². The van der Waals surface area contributed by atoms with E-state index in [9.17, 15) is 0 Å². The van der Waals surface area contributed by atoms with Gasteiger partial charge < -0.3 is 0 Å². The van der Waals surface area contributed by atoms with E-state index in [-0.39, 0.29) is 0 Å². The molecule has 9 heavy (non-hydrogen) atoms. The summed E-state index contributed by atoms with van der Waals surface area (Å²) in [7, 11) is 0. The van der Waals surface area contributed by atoms with E-state index < -0.39 is 0 Å². The molecule has 0 saturated heterocycles. The van der Waals surface area contributed by atoms with E-state index in [1.54, 1.807) is 0 Å². The maximum absolute atomic E-state index is 3.49. The lowest BCUT2D eigenvalue weighted by molar-refractivity contribution is 1.18. The molecule has 0 radical (unpaired) electrons. The maximum atomic E-state index is 3.49. The van der Waals surface area contributed by atoms with Crippen LogP contribution in [0.25, 0.3) is 0 Å². The molecule has 0 spiro atoms. The van der Waals surface area contributed by atoms with Gasteiger partial charge in [-0.1, -0.05) is 6.92 Å². The minimum absolute atomic E-state index is 1.14. The summed E-state index contributed by atoms with van der Waals surface area (Å²) in [6, 6.07) is 2.17. The van der Waals surface area contributed by atoms with E-state index >= 15 is 0 Å². The van der Waals surface area contributed by atoms with Gasteiger partial charge in [-0.3, -0.25) is 0 Å². The van der Waals surface area contributed by atoms with Gasteiger partial charge in [0.25, 0.3) is 0 Å². The van der Waals surface area contributed by atoms with Crippen molar-refractivity contribution in [3.8, 4) is 0 Å². The molecule has 1 rings (SSSR count). The second-order valence-corrected chi connectivity index (χ2v) is 4.18. The smallest absolute Gasteiger partial charge is 0.0317 e. The summed E-state index contributed by atoms with van der Waals surface area (Å²) in [6.45, 7) is 4.31. The molecule has 1 aromatic heterocycles. The van der Waals surface area contributed by atoms with E-state index in [0.29, 0.717) is 0 Å². The predicted octanol–water partition coefficient (Wildman–Crippen LogP) is 3.38. The molecule has 2 heteroatoms. The minimum Gasteiger partial charge on any atom is -0.145 e. The molecule has 0 aliphatic rings. The Hall–Kier alpha value is 0.180. The molecular weight excluding hydrogens is 196 g/mol. The molecular formula is C7H9BrS. The van der Waals surface area contributed by atoms with Crippen LogP contribution >= 0.6 is 27.3 Å². The van der Waals surface area contributed by atoms with Crippen molar-refractivity contribution in [1.82, 2.24) is 0 Å². The van der Waals surface area contributed by atoms with Gasteiger partial charge in [0.15, 0.2) is 0 Å². The number of hydrogen-bond donors (Lipinski definition) is 0. The van der Waals surface area contributed by atoms with Crippen molar-refractivity contribution >= 4 is 27.3 Å². The number of aryl methyl sites for hydroxylation is 2. The summed E-state index contributed by atoms with van der Waals surface area (Å²) in [5, 5.41) is 0. The molecule has 0 nitrogen and oxygen atoms in total. The molecule has 1 heterocycles. The van der Waals surface area contributed by atoms with Gasteiger partial charge in [-0.25, -0.2) is 0 Å². The fourth-order valence-electron chi connectivity index (χ4n) is 0.773. The molecule has 50 valence electrons. The summed E-state index contributed by atoms with van der Waals surface area (Å²) < 4.78 is 1.27. The average molecular weight is 205 g/mol. The Balaban J connectivity index is 3.01. The first-order valence-corrected chi connectivity index (χ1v) is 4.59. The third kappa shape index (κ3) is 1.55. The third-order valence-electron chi connectivity index (χ3n) is 1.20. The predicted molar refractivity (Wildman–Crippen MR) is 46.1 cm³/mol. The second-order valence-electron chi connectivity index (χ2n) is 1.98. The quantitative estimate of drug-likeness (QED) is 0.659. The van der Waals surface area contributed by atoms with Gasteiger partial charge >= 0.3 is 0 Å². The summed E-state index contributed by atoms with van der Waals surface area (Å²) in [5.74, 6) is 0. The van der Waals surface area contributed by atoms with Crippen molar-refractivity contribution in [2.45, 2.75) is 20.3 Å². The third-order valence-corrected chi connectivity index (χ3v) is 3.37. The van der Waals surface area contributed by atoms with Crippen LogP contribution in [0.4, 0.5) is 0 Å². The first-order valence-electron chi connectivity index (χ1n) is 2.99. The molecule has 0 fully saturated rings. The van der Waals surface area contributed by atoms with E-state index in [2.05, 4.69) is 35.8 Å². The van der Waals surface area contributed by atoms with Crippen LogP contribution in [0, 0.1) is 6.92 Å². The van der Waals surface area contributed by atoms with Crippen LogP contribution in [0.5, 0.6) is 0 Å². The van der Waals surface area contributed by atoms with Crippen molar-refractivity contribution in [1.29, 1.82) is 0 Å². The van der Waals surface area contributed by atoms with Crippen LogP contribution < -0.4 is 0 Å². The standard InChI is InChI=1S/C7H9BrS/c1-3-7-6(8)4-5(2)9-7/h4H,3H2,1-2H3. The van der Waals surface area contributed by atoms with Gasteiger partial charge in [-0.2, -0.15) is 0 Å². The first kappa shape index (κ1) is 7.29. The van der Waals surface area contributed by atoms with Gasteiger partial charge in [0.05, 0.1) is 0 Å². The Kier molecular flexibility index (Phi) is 2.30. The van der Waals surface area contributed by atoms with Crippen LogP contribution in [-0.4, -0.2) is 0 Å². The molecule has 0 aliphatic heterocycles. The highest BCUT2D eigenvalue weighted by Gasteiger charge is 1.99. The van der Waals surface area contributed by atoms with Crippen molar-refractivity contribution in [3.63, 3.8) is 0 Å². The van der Waals surface area contributed by atoms with E-state index in [4.69, 9.17) is 0 Å². The van der Waals surface area contributed by atoms with Crippen molar-refractivity contribution < 1.29 is 0 Å². The van der Waals surface area contributed by atoms with Crippen LogP contribution in [0.2, 0.25) is 0 Å². The highest BCUT2D eigenvalue weighted by Crippen LogP contribution is 2.26. The van der Waals surface area contributed by atoms with E-state index in [1.807, 2.05) is 11.3 Å². The Morgan fingerprint density at radius 3 is 2.56 bits per heavy atom. The maximum Gasteiger partial charge on any atom is 0.0317 e. The number of hydrogen-bond acceptors (Lipinski definition) is 1. The first-order chi connectivity index (χ1) is 4.24. The molecule has 0 unspecified atom stereocenters. The van der Waals surface area contributed by atoms with Crippen LogP contribution in [0.1, 0.15) is 16.7 Å². The Labute approximate surface area is 68.0 Å². The molecule has 0 bridgehead atoms. The zero-order valence-corrected chi connectivity index (χ0v) is 7.97. The monoisotopic (exact) mass is 204 g/mol. The fourth-order valence-corrected chi connectivity index (χ4v) is 2.66. The van der Waals surface area contributed by atoms with Crippen molar-refractivity contribution in [3.05, 3.63) is 20.3 Å². The Bertz CT molecular complexity index is 203. The minimum atomic E-state index is 1.14. The topological polar surface area (TPSA) is 0 Å². The Morgan fingerprint density at radius 2 is 2.33 bits per heavy atom. The van der Waals surface area contributed by atoms with Gasteiger partial charge in [0, 0.05) is 14.2 Å². The highest BCUT2D eigenvalue weighted by atomic mass is 79.9. The average Bonchev–Trinajstić information content (AvgIpc) is 2.10. The fraction of sp³-hybridized carbons (Fsp3) is 0.429. The summed E-state index contributed by atoms with van der Waals surface area (Å²) in [4.78, 5) is 2.84. The van der Waals surface area contributed by atoms with Crippen LogP contribution in [-0.2, 0) is 6.42 Å². The lowest BCUT2D eigenvalue weighted by atomic mass is 10.4. The number of thiophene rings is 1. The molecule has 0 N–H and O–H groups in total. The zero-order chi connectivity index (χ0) is 6.85. The van der Waals surface area contributed by atoms with Gasteiger partial charge in [0.1, 0.15) is 0 Å². The normalized spacial score (nSPS) is 10.1. The molecule has 0 aliphatic carbocycles. The van der Waals surface area contributed by atoms with Gasteiger partial charge in [-0.05, 0) is 35.3 Å².